The molecule has 0 saturated carbocycles. The van der Waals surface area contributed by atoms with Crippen LogP contribution < -0.4 is 5.32 Å². The van der Waals surface area contributed by atoms with E-state index >= 15 is 0 Å². The average molecular weight is 343 g/mol. The van der Waals surface area contributed by atoms with Crippen molar-refractivity contribution in [1.29, 1.82) is 0 Å². The molecular formula is C17H27ClN2O3. The van der Waals surface area contributed by atoms with E-state index in [1.54, 1.807) is 7.11 Å². The number of nitrogens with zero attached hydrogens (tertiary/aromatic N) is 1. The zero-order chi connectivity index (χ0) is 15.6. The number of methoxy groups -OCH3 is 1. The minimum Gasteiger partial charge on any atom is -0.383 e. The molecule has 5 nitrogen and oxygen atoms in total. The molecule has 2 rings (SSSR count). The van der Waals surface area contributed by atoms with Crippen LogP contribution in [-0.2, 0) is 20.9 Å². The van der Waals surface area contributed by atoms with Crippen LogP contribution in [-0.4, -0.2) is 56.8 Å². The summed E-state index contributed by atoms with van der Waals surface area (Å²) in [6.45, 7) is 3.94. The normalized spacial score (nSPS) is 15.3. The molecular weight excluding hydrogens is 316 g/mol. The van der Waals surface area contributed by atoms with Gasteiger partial charge < -0.3 is 19.7 Å². The third kappa shape index (κ3) is 7.31. The van der Waals surface area contributed by atoms with Gasteiger partial charge in [0.1, 0.15) is 0 Å². The maximum Gasteiger partial charge on any atom is 0.236 e. The van der Waals surface area contributed by atoms with Gasteiger partial charge in [-0.05, 0) is 18.4 Å². The second kappa shape index (κ2) is 11.4. The van der Waals surface area contributed by atoms with E-state index in [-0.39, 0.29) is 24.4 Å². The SMILES string of the molecule is COCCNCC(=O)N1CCC(OCc2ccccc2)CC1.Cl. The fourth-order valence-corrected chi connectivity index (χ4v) is 2.54. The minimum atomic E-state index is 0. The maximum atomic E-state index is 12.0. The summed E-state index contributed by atoms with van der Waals surface area (Å²) in [7, 11) is 1.66. The lowest BCUT2D eigenvalue weighted by atomic mass is 10.1. The molecule has 1 aliphatic heterocycles. The van der Waals surface area contributed by atoms with Crippen molar-refractivity contribution in [2.24, 2.45) is 0 Å². The number of hydrogen-bond donors (Lipinski definition) is 1. The molecule has 1 aliphatic rings. The van der Waals surface area contributed by atoms with Crippen LogP contribution in [0.5, 0.6) is 0 Å². The number of carbonyl (C=O) groups excluding carboxylic acids is 1. The molecule has 1 fully saturated rings. The van der Waals surface area contributed by atoms with Gasteiger partial charge in [-0.2, -0.15) is 0 Å². The summed E-state index contributed by atoms with van der Waals surface area (Å²) in [5.41, 5.74) is 1.20. The van der Waals surface area contributed by atoms with Crippen LogP contribution in [0.15, 0.2) is 30.3 Å². The molecule has 0 unspecified atom stereocenters. The van der Waals surface area contributed by atoms with Gasteiger partial charge in [-0.25, -0.2) is 0 Å². The molecule has 0 aromatic heterocycles. The molecule has 130 valence electrons. The van der Waals surface area contributed by atoms with Gasteiger partial charge in [0.25, 0.3) is 0 Å². The number of nitrogens with one attached hydrogen (secondary N) is 1. The lowest BCUT2D eigenvalue weighted by Gasteiger charge is -2.32. The Labute approximate surface area is 144 Å². The molecule has 23 heavy (non-hydrogen) atoms. The number of rotatable bonds is 8. The topological polar surface area (TPSA) is 50.8 Å². The van der Waals surface area contributed by atoms with E-state index in [1.807, 2.05) is 23.1 Å². The Bertz CT molecular complexity index is 437. The van der Waals surface area contributed by atoms with Crippen LogP contribution in [0.3, 0.4) is 0 Å². The Balaban J connectivity index is 0.00000264. The highest BCUT2D eigenvalue weighted by Crippen LogP contribution is 2.15. The molecule has 0 bridgehead atoms. The molecule has 1 heterocycles. The van der Waals surface area contributed by atoms with E-state index in [4.69, 9.17) is 9.47 Å². The first-order valence-corrected chi connectivity index (χ1v) is 7.92. The molecule has 1 aromatic carbocycles. The summed E-state index contributed by atoms with van der Waals surface area (Å²) in [4.78, 5) is 13.9. The molecule has 0 atom stereocenters. The van der Waals surface area contributed by atoms with E-state index < -0.39 is 0 Å². The number of carbonyl (C=O) groups is 1. The van der Waals surface area contributed by atoms with E-state index in [0.29, 0.717) is 26.3 Å². The number of halogens is 1. The van der Waals surface area contributed by atoms with E-state index in [0.717, 1.165) is 25.9 Å². The third-order valence-electron chi connectivity index (χ3n) is 3.88. The summed E-state index contributed by atoms with van der Waals surface area (Å²) in [6.07, 6.45) is 2.08. The van der Waals surface area contributed by atoms with E-state index in [2.05, 4.69) is 17.4 Å². The van der Waals surface area contributed by atoms with Crippen LogP contribution in [0.1, 0.15) is 18.4 Å². The number of benzene rings is 1. The first-order valence-electron chi connectivity index (χ1n) is 7.92. The lowest BCUT2D eigenvalue weighted by Crippen LogP contribution is -2.44. The molecule has 1 amide bonds. The standard InChI is InChI=1S/C17H26N2O3.ClH/c1-21-12-9-18-13-17(20)19-10-7-16(8-11-19)22-14-15-5-3-2-4-6-15;/h2-6,16,18H,7-14H2,1H3;1H. The van der Waals surface area contributed by atoms with Gasteiger partial charge in [0.2, 0.25) is 5.91 Å². The molecule has 1 aromatic rings. The van der Waals surface area contributed by atoms with Crippen molar-refractivity contribution >= 4 is 18.3 Å². The van der Waals surface area contributed by atoms with Crippen molar-refractivity contribution in [3.8, 4) is 0 Å². The molecule has 6 heteroatoms. The molecule has 1 saturated heterocycles. The van der Waals surface area contributed by atoms with Crippen molar-refractivity contribution in [3.05, 3.63) is 35.9 Å². The van der Waals surface area contributed by atoms with Gasteiger partial charge in [0.05, 0.1) is 25.9 Å². The van der Waals surface area contributed by atoms with Crippen molar-refractivity contribution in [2.75, 3.05) is 39.9 Å². The van der Waals surface area contributed by atoms with E-state index in [9.17, 15) is 4.79 Å². The smallest absolute Gasteiger partial charge is 0.236 e. The van der Waals surface area contributed by atoms with Crippen molar-refractivity contribution in [1.82, 2.24) is 10.2 Å². The van der Waals surface area contributed by atoms with Crippen molar-refractivity contribution in [3.63, 3.8) is 0 Å². The van der Waals surface area contributed by atoms with Gasteiger partial charge in [-0.3, -0.25) is 4.79 Å². The first kappa shape index (κ1) is 19.9. The predicted molar refractivity (Wildman–Crippen MR) is 92.8 cm³/mol. The highest BCUT2D eigenvalue weighted by atomic mass is 35.5. The number of amides is 1. The van der Waals surface area contributed by atoms with Gasteiger partial charge in [-0.15, -0.1) is 12.4 Å². The Morgan fingerprint density at radius 1 is 1.26 bits per heavy atom. The summed E-state index contributed by atoms with van der Waals surface area (Å²) in [6, 6.07) is 10.2. The summed E-state index contributed by atoms with van der Waals surface area (Å²) in [5, 5.41) is 3.09. The first-order chi connectivity index (χ1) is 10.8. The maximum absolute atomic E-state index is 12.0. The number of hydrogen-bond acceptors (Lipinski definition) is 4. The summed E-state index contributed by atoms with van der Waals surface area (Å²) < 4.78 is 10.9. The molecule has 0 aliphatic carbocycles. The van der Waals surface area contributed by atoms with E-state index in [1.165, 1.54) is 5.56 Å². The Kier molecular flexibility index (Phi) is 9.87. The largest absolute Gasteiger partial charge is 0.383 e. The second-order valence-electron chi connectivity index (χ2n) is 5.55. The van der Waals surface area contributed by atoms with Gasteiger partial charge >= 0.3 is 0 Å². The zero-order valence-electron chi connectivity index (χ0n) is 13.7. The lowest BCUT2D eigenvalue weighted by molar-refractivity contribution is -0.133. The van der Waals surface area contributed by atoms with Crippen molar-refractivity contribution in [2.45, 2.75) is 25.6 Å². The van der Waals surface area contributed by atoms with Gasteiger partial charge in [-0.1, -0.05) is 30.3 Å². The second-order valence-corrected chi connectivity index (χ2v) is 5.55. The summed E-state index contributed by atoms with van der Waals surface area (Å²) >= 11 is 0. The fourth-order valence-electron chi connectivity index (χ4n) is 2.54. The highest BCUT2D eigenvalue weighted by Gasteiger charge is 2.22. The average Bonchev–Trinajstić information content (AvgIpc) is 2.58. The molecule has 0 spiro atoms. The third-order valence-corrected chi connectivity index (χ3v) is 3.88. The van der Waals surface area contributed by atoms with Crippen molar-refractivity contribution < 1.29 is 14.3 Å². The minimum absolute atomic E-state index is 0. The van der Waals surface area contributed by atoms with Crippen LogP contribution in [0.2, 0.25) is 0 Å². The molecule has 0 radical (unpaired) electrons. The van der Waals surface area contributed by atoms with Gasteiger partial charge in [0.15, 0.2) is 0 Å². The number of likely N-dealkylation sites (tertiary alicyclic amines) is 1. The number of ether oxygens (including phenoxy) is 2. The molecule has 1 N–H and O–H groups in total. The predicted octanol–water partition coefficient (Wildman–Crippen LogP) is 1.85. The highest BCUT2D eigenvalue weighted by molar-refractivity contribution is 5.85. The quantitative estimate of drug-likeness (QED) is 0.733. The van der Waals surface area contributed by atoms with Crippen LogP contribution in [0, 0.1) is 0 Å². The zero-order valence-corrected chi connectivity index (χ0v) is 14.5. The Morgan fingerprint density at radius 3 is 2.61 bits per heavy atom. The van der Waals surface area contributed by atoms with Crippen LogP contribution >= 0.6 is 12.4 Å². The fraction of sp³-hybridized carbons (Fsp3) is 0.588. The van der Waals surface area contributed by atoms with Crippen LogP contribution in [0.25, 0.3) is 0 Å². The monoisotopic (exact) mass is 342 g/mol. The Morgan fingerprint density at radius 2 is 1.96 bits per heavy atom. The van der Waals surface area contributed by atoms with Gasteiger partial charge in [0, 0.05) is 26.7 Å². The van der Waals surface area contributed by atoms with Crippen LogP contribution in [0.4, 0.5) is 0 Å². The summed E-state index contributed by atoms with van der Waals surface area (Å²) in [5.74, 6) is 0.164. The Hall–Kier alpha value is -1.14. The number of piperidine rings is 1.